The smallest absolute Gasteiger partial charge is 0.271 e. The highest BCUT2D eigenvalue weighted by Crippen LogP contribution is 2.31. The SMILES string of the molecule is C=C(C)/C(C)=C(C(=O)NC)/C(=C/C(C1=CCN(C(=O)c2cc3c(F)cccc3n2C)C1)=C(C)C)C(=C)C.CC. The highest BCUT2D eigenvalue weighted by atomic mass is 19.1. The van der Waals surface area contributed by atoms with Crippen molar-refractivity contribution < 1.29 is 14.0 Å². The first-order valence-electron chi connectivity index (χ1n) is 13.3. The summed E-state index contributed by atoms with van der Waals surface area (Å²) >= 11 is 0. The maximum atomic E-state index is 14.3. The number of aromatic nitrogens is 1. The van der Waals surface area contributed by atoms with Crippen molar-refractivity contribution in [3.05, 3.63) is 106 Å². The molecule has 1 aliphatic rings. The predicted octanol–water partition coefficient (Wildman–Crippen LogP) is 7.20. The first-order chi connectivity index (χ1) is 18.4. The van der Waals surface area contributed by atoms with Gasteiger partial charge in [0.05, 0.1) is 5.52 Å². The van der Waals surface area contributed by atoms with E-state index in [1.807, 2.05) is 60.6 Å². The molecule has 0 radical (unpaired) electrons. The predicted molar refractivity (Wildman–Crippen MR) is 161 cm³/mol. The third-order valence-corrected chi connectivity index (χ3v) is 6.83. The van der Waals surface area contributed by atoms with Crippen LogP contribution in [0.15, 0.2) is 94.2 Å². The summed E-state index contributed by atoms with van der Waals surface area (Å²) in [4.78, 5) is 28.1. The van der Waals surface area contributed by atoms with E-state index in [1.54, 1.807) is 41.8 Å². The zero-order chi connectivity index (χ0) is 29.6. The molecule has 0 unspecified atom stereocenters. The molecule has 0 spiro atoms. The Bertz CT molecular complexity index is 1440. The number of halogens is 1. The van der Waals surface area contributed by atoms with Crippen LogP contribution in [0.4, 0.5) is 4.39 Å². The molecule has 39 heavy (non-hydrogen) atoms. The van der Waals surface area contributed by atoms with Gasteiger partial charge in [-0.05, 0) is 81.2 Å². The fourth-order valence-electron chi connectivity index (χ4n) is 4.54. The van der Waals surface area contributed by atoms with Crippen LogP contribution in [0.3, 0.4) is 0 Å². The van der Waals surface area contributed by atoms with Crippen molar-refractivity contribution in [1.29, 1.82) is 0 Å². The molecule has 1 N–H and O–H groups in total. The van der Waals surface area contributed by atoms with E-state index in [0.29, 0.717) is 35.3 Å². The number of rotatable bonds is 7. The van der Waals surface area contributed by atoms with Crippen LogP contribution < -0.4 is 5.32 Å². The molecule has 2 aromatic rings. The van der Waals surface area contributed by atoms with Gasteiger partial charge in [-0.25, -0.2) is 4.39 Å². The second-order valence-electron chi connectivity index (χ2n) is 9.79. The number of nitrogens with one attached hydrogen (secondary N) is 1. The van der Waals surface area contributed by atoms with Crippen LogP contribution in [0, 0.1) is 5.82 Å². The average Bonchev–Trinajstić information content (AvgIpc) is 3.52. The van der Waals surface area contributed by atoms with Crippen LogP contribution in [0.5, 0.6) is 0 Å². The van der Waals surface area contributed by atoms with Crippen molar-refractivity contribution in [1.82, 2.24) is 14.8 Å². The van der Waals surface area contributed by atoms with Crippen LogP contribution in [0.25, 0.3) is 10.9 Å². The molecule has 1 aromatic carbocycles. The van der Waals surface area contributed by atoms with Gasteiger partial charge < -0.3 is 14.8 Å². The van der Waals surface area contributed by atoms with Gasteiger partial charge in [-0.3, -0.25) is 9.59 Å². The van der Waals surface area contributed by atoms with Gasteiger partial charge in [0.25, 0.3) is 11.8 Å². The van der Waals surface area contributed by atoms with Crippen molar-refractivity contribution in [2.24, 2.45) is 7.05 Å². The molecule has 0 atom stereocenters. The molecule has 0 aliphatic carbocycles. The topological polar surface area (TPSA) is 54.3 Å². The minimum atomic E-state index is -0.346. The molecule has 0 saturated heterocycles. The van der Waals surface area contributed by atoms with E-state index in [9.17, 15) is 14.0 Å². The quantitative estimate of drug-likeness (QED) is 0.303. The lowest BCUT2D eigenvalue weighted by atomic mass is 9.88. The number of benzene rings is 1. The van der Waals surface area contributed by atoms with Gasteiger partial charge in [-0.15, -0.1) is 0 Å². The number of allylic oxidation sites excluding steroid dienone is 5. The zero-order valence-corrected chi connectivity index (χ0v) is 24.9. The number of nitrogens with zero attached hydrogens (tertiary/aromatic N) is 2. The van der Waals surface area contributed by atoms with Gasteiger partial charge in [-0.1, -0.05) is 55.9 Å². The number of hydrogen-bond donors (Lipinski definition) is 1. The summed E-state index contributed by atoms with van der Waals surface area (Å²) in [5.41, 5.74) is 7.71. The second-order valence-corrected chi connectivity index (χ2v) is 9.79. The maximum Gasteiger partial charge on any atom is 0.271 e. The third-order valence-electron chi connectivity index (χ3n) is 6.83. The Labute approximate surface area is 232 Å². The van der Waals surface area contributed by atoms with E-state index >= 15 is 0 Å². The molecule has 0 bridgehead atoms. The fourth-order valence-corrected chi connectivity index (χ4v) is 4.54. The summed E-state index contributed by atoms with van der Waals surface area (Å²) in [6.07, 6.45) is 4.02. The lowest BCUT2D eigenvalue weighted by molar-refractivity contribution is -0.116. The van der Waals surface area contributed by atoms with Crippen molar-refractivity contribution in [2.75, 3.05) is 20.1 Å². The van der Waals surface area contributed by atoms with Gasteiger partial charge in [0.1, 0.15) is 11.5 Å². The Morgan fingerprint density at radius 2 is 1.69 bits per heavy atom. The Morgan fingerprint density at radius 1 is 1.05 bits per heavy atom. The fraction of sp³-hybridized carbons (Fsp3) is 0.333. The van der Waals surface area contributed by atoms with Crippen molar-refractivity contribution in [3.8, 4) is 0 Å². The van der Waals surface area contributed by atoms with Crippen molar-refractivity contribution >= 4 is 22.7 Å². The maximum absolute atomic E-state index is 14.3. The molecular weight excluding hydrogens is 489 g/mol. The first kappa shape index (κ1) is 31.3. The van der Waals surface area contributed by atoms with Crippen molar-refractivity contribution in [2.45, 2.75) is 48.5 Å². The number of carbonyl (C=O) groups is 2. The lowest BCUT2D eigenvalue weighted by Crippen LogP contribution is -2.30. The average molecular weight is 532 g/mol. The molecule has 1 aromatic heterocycles. The molecule has 0 saturated carbocycles. The van der Waals surface area contributed by atoms with Gasteiger partial charge in [0.15, 0.2) is 0 Å². The number of carbonyl (C=O) groups excluding carboxylic acids is 2. The van der Waals surface area contributed by atoms with Crippen LogP contribution in [-0.4, -0.2) is 41.4 Å². The van der Waals surface area contributed by atoms with E-state index < -0.39 is 0 Å². The molecular formula is C33H42FN3O2. The Kier molecular flexibility index (Phi) is 10.6. The van der Waals surface area contributed by atoms with E-state index in [0.717, 1.165) is 39.0 Å². The zero-order valence-electron chi connectivity index (χ0n) is 24.9. The lowest BCUT2D eigenvalue weighted by Gasteiger charge is -2.19. The number of likely N-dealkylation sites (N-methyl/N-ethyl adjacent to an activating group) is 1. The van der Waals surface area contributed by atoms with Crippen LogP contribution in [-0.2, 0) is 11.8 Å². The number of fused-ring (bicyclic) bond motifs is 1. The highest BCUT2D eigenvalue weighted by molar-refractivity contribution is 6.01. The summed E-state index contributed by atoms with van der Waals surface area (Å²) in [6.45, 7) is 22.7. The molecule has 3 rings (SSSR count). The summed E-state index contributed by atoms with van der Waals surface area (Å²) in [6, 6.07) is 6.46. The first-order valence-corrected chi connectivity index (χ1v) is 13.3. The largest absolute Gasteiger partial charge is 0.355 e. The minimum absolute atomic E-state index is 0.161. The van der Waals surface area contributed by atoms with E-state index in [4.69, 9.17) is 0 Å². The van der Waals surface area contributed by atoms with E-state index in [-0.39, 0.29) is 17.6 Å². The minimum Gasteiger partial charge on any atom is -0.355 e. The van der Waals surface area contributed by atoms with Gasteiger partial charge in [0.2, 0.25) is 0 Å². The Balaban J connectivity index is 0.00000260. The molecule has 6 heteroatoms. The third kappa shape index (κ3) is 6.56. The van der Waals surface area contributed by atoms with Gasteiger partial charge in [-0.2, -0.15) is 0 Å². The monoisotopic (exact) mass is 531 g/mol. The Morgan fingerprint density at radius 3 is 2.21 bits per heavy atom. The van der Waals surface area contributed by atoms with Crippen LogP contribution >= 0.6 is 0 Å². The van der Waals surface area contributed by atoms with Crippen LogP contribution in [0.2, 0.25) is 0 Å². The molecule has 2 heterocycles. The standard InChI is InChI=1S/C31H36FN3O2.C2H6/c1-18(2)21(7)29(30(36)33-8)24(20(5)6)15-23(19(3)4)22-13-14-35(17-22)31(37)28-16-25-26(32)11-10-12-27(25)34(28)9;1-2/h10-13,15-16H,1,5,14,17H2,2-4,6-9H3,(H,33,36);1-2H3/b24-15+,29-21-;. The van der Waals surface area contributed by atoms with E-state index in [1.165, 1.54) is 6.07 Å². The highest BCUT2D eigenvalue weighted by Gasteiger charge is 2.26. The summed E-state index contributed by atoms with van der Waals surface area (Å²) < 4.78 is 16.0. The Hall–Kier alpha value is -3.93. The van der Waals surface area contributed by atoms with Gasteiger partial charge in [0, 0.05) is 38.1 Å². The second kappa shape index (κ2) is 13.2. The normalized spacial score (nSPS) is 13.7. The van der Waals surface area contributed by atoms with Crippen LogP contribution in [0.1, 0.15) is 59.0 Å². The molecule has 1 aliphatic heterocycles. The molecule has 208 valence electrons. The molecule has 0 fully saturated rings. The number of amides is 2. The van der Waals surface area contributed by atoms with Crippen molar-refractivity contribution in [3.63, 3.8) is 0 Å². The number of hydrogen-bond acceptors (Lipinski definition) is 2. The molecule has 5 nitrogen and oxygen atoms in total. The summed E-state index contributed by atoms with van der Waals surface area (Å²) in [5, 5.41) is 3.17. The number of aryl methyl sites for hydroxylation is 1. The summed E-state index contributed by atoms with van der Waals surface area (Å²) in [5.74, 6) is -0.713. The van der Waals surface area contributed by atoms with Gasteiger partial charge >= 0.3 is 0 Å². The summed E-state index contributed by atoms with van der Waals surface area (Å²) in [7, 11) is 3.38. The van der Waals surface area contributed by atoms with E-state index in [2.05, 4.69) is 18.5 Å². The molecule has 2 amide bonds.